The van der Waals surface area contributed by atoms with Gasteiger partial charge in [0.1, 0.15) is 11.2 Å². The lowest BCUT2D eigenvalue weighted by Gasteiger charge is -2.22. The van der Waals surface area contributed by atoms with Gasteiger partial charge in [-0.1, -0.05) is 36.4 Å². The lowest BCUT2D eigenvalue weighted by Crippen LogP contribution is -2.33. The molecular formula is C33H32N8O4. The minimum absolute atomic E-state index is 0.00674. The zero-order chi connectivity index (χ0) is 31.9. The van der Waals surface area contributed by atoms with Crippen molar-refractivity contribution < 1.29 is 14.3 Å². The topological polar surface area (TPSA) is 137 Å². The van der Waals surface area contributed by atoms with Crippen LogP contribution in [0.15, 0.2) is 90.2 Å². The Kier molecular flexibility index (Phi) is 7.41. The van der Waals surface area contributed by atoms with Gasteiger partial charge in [-0.05, 0) is 62.9 Å². The minimum atomic E-state index is -0.759. The van der Waals surface area contributed by atoms with E-state index in [1.807, 2.05) is 67.8 Å². The molecule has 6 aromatic rings. The first-order valence-electron chi connectivity index (χ1n) is 14.4. The number of pyridine rings is 1. The average molecular weight is 605 g/mol. The SMILES string of the molecule is CC(NC(=O)c1c(NC(=O)OC(C)(C)C)nn2cccnc12)c1cc2cccc(-c3cnn(C)c3)c2c(=O)n1-c1ccccc1. The number of fused-ring (bicyclic) bond motifs is 2. The first-order chi connectivity index (χ1) is 21.5. The Morgan fingerprint density at radius 1 is 1.02 bits per heavy atom. The number of ether oxygens (including phenoxy) is 1. The van der Waals surface area contributed by atoms with Crippen LogP contribution in [-0.2, 0) is 11.8 Å². The summed E-state index contributed by atoms with van der Waals surface area (Å²) >= 11 is 0. The van der Waals surface area contributed by atoms with Gasteiger partial charge in [0, 0.05) is 42.6 Å². The molecule has 2 aromatic carbocycles. The molecule has 0 aliphatic rings. The molecule has 1 unspecified atom stereocenters. The molecule has 0 saturated heterocycles. The summed E-state index contributed by atoms with van der Waals surface area (Å²) in [5.41, 5.74) is 2.09. The maximum atomic E-state index is 14.4. The van der Waals surface area contributed by atoms with E-state index in [1.54, 1.807) is 55.4 Å². The lowest BCUT2D eigenvalue weighted by molar-refractivity contribution is 0.0635. The van der Waals surface area contributed by atoms with Crippen LogP contribution in [0.2, 0.25) is 0 Å². The van der Waals surface area contributed by atoms with Crippen molar-refractivity contribution in [2.75, 3.05) is 5.32 Å². The van der Waals surface area contributed by atoms with Gasteiger partial charge in [0.05, 0.1) is 17.6 Å². The van der Waals surface area contributed by atoms with Crippen molar-refractivity contribution in [1.82, 2.24) is 34.3 Å². The van der Waals surface area contributed by atoms with E-state index in [-0.39, 0.29) is 22.6 Å². The molecule has 0 fully saturated rings. The van der Waals surface area contributed by atoms with E-state index in [1.165, 1.54) is 10.7 Å². The quantitative estimate of drug-likeness (QED) is 0.264. The number of aryl methyl sites for hydroxylation is 1. The standard InChI is InChI=1S/C33H32N8O4/c1-20(36-30(42)27-28(37-32(44)45-33(2,3)4)38-40-16-10-15-34-29(27)40)25-17-21-11-9-14-24(22-18-35-39(5)19-22)26(21)31(43)41(25)23-12-7-6-8-13-23/h6-20H,1-5H3,(H,36,42)(H,37,38,44). The second-order valence-electron chi connectivity index (χ2n) is 11.7. The van der Waals surface area contributed by atoms with Crippen molar-refractivity contribution in [3.05, 3.63) is 107 Å². The largest absolute Gasteiger partial charge is 0.444 e. The van der Waals surface area contributed by atoms with Gasteiger partial charge >= 0.3 is 6.09 Å². The molecular weight excluding hydrogens is 572 g/mol. The number of aromatic nitrogens is 6. The van der Waals surface area contributed by atoms with E-state index in [0.29, 0.717) is 16.8 Å². The van der Waals surface area contributed by atoms with Crippen LogP contribution in [0.1, 0.15) is 49.8 Å². The molecule has 0 bridgehead atoms. The van der Waals surface area contributed by atoms with Crippen molar-refractivity contribution >= 4 is 34.2 Å². The summed E-state index contributed by atoms with van der Waals surface area (Å²) < 4.78 is 10.1. The Morgan fingerprint density at radius 2 is 1.80 bits per heavy atom. The van der Waals surface area contributed by atoms with Gasteiger partial charge in [0.2, 0.25) is 0 Å². The Balaban J connectivity index is 1.44. The van der Waals surface area contributed by atoms with Crippen LogP contribution in [0.3, 0.4) is 0 Å². The molecule has 4 heterocycles. The smallest absolute Gasteiger partial charge is 0.413 e. The molecule has 12 heteroatoms. The van der Waals surface area contributed by atoms with Crippen LogP contribution >= 0.6 is 0 Å². The molecule has 1 atom stereocenters. The van der Waals surface area contributed by atoms with Gasteiger partial charge < -0.3 is 10.1 Å². The summed E-state index contributed by atoms with van der Waals surface area (Å²) in [6.45, 7) is 7.01. The summed E-state index contributed by atoms with van der Waals surface area (Å²) in [5.74, 6) is -0.550. The van der Waals surface area contributed by atoms with Crippen LogP contribution in [0.4, 0.5) is 10.6 Å². The van der Waals surface area contributed by atoms with E-state index in [4.69, 9.17) is 4.74 Å². The van der Waals surface area contributed by atoms with Crippen LogP contribution in [0.25, 0.3) is 33.2 Å². The normalized spacial score (nSPS) is 12.3. The molecule has 4 aromatic heterocycles. The molecule has 0 radical (unpaired) electrons. The summed E-state index contributed by atoms with van der Waals surface area (Å²) in [6.07, 6.45) is 5.99. The van der Waals surface area contributed by atoms with Gasteiger partial charge in [0.15, 0.2) is 11.5 Å². The fraction of sp³-hybridized carbons (Fsp3) is 0.212. The van der Waals surface area contributed by atoms with E-state index in [0.717, 1.165) is 16.5 Å². The molecule has 12 nitrogen and oxygen atoms in total. The summed E-state index contributed by atoms with van der Waals surface area (Å²) in [4.78, 5) is 45.3. The molecule has 0 spiro atoms. The Labute approximate surface area is 258 Å². The van der Waals surface area contributed by atoms with Gasteiger partial charge in [-0.2, -0.15) is 5.10 Å². The summed E-state index contributed by atoms with van der Waals surface area (Å²) in [6, 6.07) is 17.8. The number of carbonyl (C=O) groups excluding carboxylic acids is 2. The fourth-order valence-electron chi connectivity index (χ4n) is 5.27. The highest BCUT2D eigenvalue weighted by Gasteiger charge is 2.27. The van der Waals surface area contributed by atoms with E-state index in [2.05, 4.69) is 25.8 Å². The first-order valence-corrected chi connectivity index (χ1v) is 14.4. The fourth-order valence-corrected chi connectivity index (χ4v) is 5.27. The van der Waals surface area contributed by atoms with Gasteiger partial charge in [-0.25, -0.2) is 14.3 Å². The number of benzene rings is 2. The molecule has 228 valence electrons. The van der Waals surface area contributed by atoms with Crippen LogP contribution < -0.4 is 16.2 Å². The molecule has 0 saturated carbocycles. The Morgan fingerprint density at radius 3 is 2.51 bits per heavy atom. The van der Waals surface area contributed by atoms with E-state index >= 15 is 0 Å². The zero-order valence-corrected chi connectivity index (χ0v) is 25.5. The number of carbonyl (C=O) groups is 2. The molecule has 2 amide bonds. The van der Waals surface area contributed by atoms with Crippen LogP contribution in [-0.4, -0.2) is 46.5 Å². The molecule has 0 aliphatic heterocycles. The molecule has 2 N–H and O–H groups in total. The van der Waals surface area contributed by atoms with Gasteiger partial charge in [0.25, 0.3) is 11.5 Å². The predicted octanol–water partition coefficient (Wildman–Crippen LogP) is 5.27. The highest BCUT2D eigenvalue weighted by atomic mass is 16.6. The average Bonchev–Trinajstić information content (AvgIpc) is 3.59. The highest BCUT2D eigenvalue weighted by Crippen LogP contribution is 2.29. The number of hydrogen-bond acceptors (Lipinski definition) is 7. The molecule has 0 aliphatic carbocycles. The third-order valence-electron chi connectivity index (χ3n) is 7.14. The maximum Gasteiger partial charge on any atom is 0.413 e. The number of para-hydroxylation sites is 1. The van der Waals surface area contributed by atoms with Crippen molar-refractivity contribution in [2.24, 2.45) is 7.05 Å². The predicted molar refractivity (Wildman–Crippen MR) is 170 cm³/mol. The Bertz CT molecular complexity index is 2120. The second-order valence-corrected chi connectivity index (χ2v) is 11.7. The molecule has 45 heavy (non-hydrogen) atoms. The van der Waals surface area contributed by atoms with Crippen molar-refractivity contribution in [3.63, 3.8) is 0 Å². The van der Waals surface area contributed by atoms with E-state index < -0.39 is 23.6 Å². The number of amides is 2. The van der Waals surface area contributed by atoms with Crippen molar-refractivity contribution in [3.8, 4) is 16.8 Å². The van der Waals surface area contributed by atoms with Gasteiger partial charge in [-0.3, -0.25) is 24.2 Å². The third kappa shape index (κ3) is 5.77. The van der Waals surface area contributed by atoms with E-state index in [9.17, 15) is 14.4 Å². The minimum Gasteiger partial charge on any atom is -0.444 e. The van der Waals surface area contributed by atoms with Crippen LogP contribution in [0, 0.1) is 0 Å². The third-order valence-corrected chi connectivity index (χ3v) is 7.14. The first kappa shape index (κ1) is 29.3. The summed E-state index contributed by atoms with van der Waals surface area (Å²) in [7, 11) is 1.83. The second kappa shape index (κ2) is 11.4. The van der Waals surface area contributed by atoms with Gasteiger partial charge in [-0.15, -0.1) is 5.10 Å². The lowest BCUT2D eigenvalue weighted by atomic mass is 9.99. The number of rotatable bonds is 6. The number of nitrogens with one attached hydrogen (secondary N) is 2. The number of anilines is 1. The number of hydrogen-bond donors (Lipinski definition) is 2. The number of nitrogens with zero attached hydrogens (tertiary/aromatic N) is 6. The van der Waals surface area contributed by atoms with Crippen molar-refractivity contribution in [2.45, 2.75) is 39.3 Å². The zero-order valence-electron chi connectivity index (χ0n) is 25.5. The Hall–Kier alpha value is -5.78. The van der Waals surface area contributed by atoms with Crippen LogP contribution in [0.5, 0.6) is 0 Å². The highest BCUT2D eigenvalue weighted by molar-refractivity contribution is 6.07. The maximum absolute atomic E-state index is 14.4. The monoisotopic (exact) mass is 604 g/mol. The molecule has 6 rings (SSSR count). The van der Waals surface area contributed by atoms with Crippen molar-refractivity contribution in [1.29, 1.82) is 0 Å². The summed E-state index contributed by atoms with van der Waals surface area (Å²) in [5, 5.41) is 15.5.